The molecular weight excluding hydrogens is 278 g/mol. The average Bonchev–Trinajstić information content (AvgIpc) is 2.67. The van der Waals surface area contributed by atoms with Gasteiger partial charge >= 0.3 is 6.03 Å². The van der Waals surface area contributed by atoms with Crippen molar-refractivity contribution >= 4 is 11.9 Å². The Bertz CT molecular complexity index is 440. The SMILES string of the molecule is CC12CCC(C(=O)NOC3CCOCC3)N(C1)C(=O)N2O. The van der Waals surface area contributed by atoms with E-state index in [1.807, 2.05) is 6.92 Å². The Morgan fingerprint density at radius 2 is 2.14 bits per heavy atom. The first-order valence-corrected chi connectivity index (χ1v) is 7.34. The van der Waals surface area contributed by atoms with Gasteiger partial charge in [-0.3, -0.25) is 14.8 Å². The standard InChI is InChI=1S/C13H21N3O5/c1-13-5-2-10(15(8-13)12(18)16(13)19)11(17)14-21-9-3-6-20-7-4-9/h9-10,19H,2-8H2,1H3,(H,14,17). The summed E-state index contributed by atoms with van der Waals surface area (Å²) in [6.45, 7) is 3.44. The van der Waals surface area contributed by atoms with E-state index in [-0.39, 0.29) is 12.0 Å². The smallest absolute Gasteiger partial charge is 0.345 e. The molecule has 21 heavy (non-hydrogen) atoms. The second-order valence-corrected chi connectivity index (χ2v) is 6.17. The molecule has 3 amide bonds. The highest BCUT2D eigenvalue weighted by molar-refractivity contribution is 5.88. The number of carbonyl (C=O) groups excluding carboxylic acids is 2. The van der Waals surface area contributed by atoms with Crippen LogP contribution in [-0.4, -0.2) is 64.6 Å². The number of fused-ring (bicyclic) bond motifs is 2. The topological polar surface area (TPSA) is 91.3 Å². The third-order valence-electron chi connectivity index (χ3n) is 4.58. The highest BCUT2D eigenvalue weighted by atomic mass is 16.7. The van der Waals surface area contributed by atoms with Crippen LogP contribution in [0, 0.1) is 0 Å². The van der Waals surface area contributed by atoms with Crippen LogP contribution < -0.4 is 5.48 Å². The molecule has 3 saturated heterocycles. The number of urea groups is 1. The van der Waals surface area contributed by atoms with E-state index in [1.54, 1.807) is 0 Å². The van der Waals surface area contributed by atoms with Gasteiger partial charge in [0.1, 0.15) is 6.04 Å². The van der Waals surface area contributed by atoms with Crippen molar-refractivity contribution in [1.29, 1.82) is 0 Å². The molecule has 3 fully saturated rings. The molecule has 118 valence electrons. The van der Waals surface area contributed by atoms with Gasteiger partial charge in [0.05, 0.1) is 11.6 Å². The maximum Gasteiger partial charge on any atom is 0.345 e. The lowest BCUT2D eigenvalue weighted by Crippen LogP contribution is -2.52. The summed E-state index contributed by atoms with van der Waals surface area (Å²) in [7, 11) is 0. The zero-order valence-corrected chi connectivity index (χ0v) is 12.1. The zero-order chi connectivity index (χ0) is 15.0. The van der Waals surface area contributed by atoms with Crippen molar-refractivity contribution < 1.29 is 24.4 Å². The van der Waals surface area contributed by atoms with Gasteiger partial charge in [-0.25, -0.2) is 10.3 Å². The first-order valence-electron chi connectivity index (χ1n) is 7.34. The van der Waals surface area contributed by atoms with Crippen molar-refractivity contribution in [3.63, 3.8) is 0 Å². The van der Waals surface area contributed by atoms with E-state index in [0.29, 0.717) is 32.6 Å². The number of rotatable bonds is 3. The molecule has 3 aliphatic rings. The molecule has 2 N–H and O–H groups in total. The van der Waals surface area contributed by atoms with Crippen molar-refractivity contribution in [2.75, 3.05) is 19.8 Å². The van der Waals surface area contributed by atoms with Crippen LogP contribution in [0.25, 0.3) is 0 Å². The Labute approximate surface area is 122 Å². The summed E-state index contributed by atoms with van der Waals surface area (Å²) in [6, 6.07) is -1.09. The number of ether oxygens (including phenoxy) is 1. The molecule has 3 aliphatic heterocycles. The average molecular weight is 299 g/mol. The number of hydroxylamine groups is 3. The van der Waals surface area contributed by atoms with E-state index in [1.165, 1.54) is 4.90 Å². The highest BCUT2D eigenvalue weighted by Crippen LogP contribution is 2.36. The lowest BCUT2D eigenvalue weighted by molar-refractivity contribution is -0.149. The molecule has 2 bridgehead atoms. The molecule has 8 nitrogen and oxygen atoms in total. The summed E-state index contributed by atoms with van der Waals surface area (Å²) in [4.78, 5) is 31.0. The highest BCUT2D eigenvalue weighted by Gasteiger charge is 2.53. The van der Waals surface area contributed by atoms with Crippen molar-refractivity contribution in [3.8, 4) is 0 Å². The van der Waals surface area contributed by atoms with E-state index in [9.17, 15) is 14.8 Å². The number of carbonyl (C=O) groups is 2. The van der Waals surface area contributed by atoms with Gasteiger partial charge in [-0.2, -0.15) is 5.06 Å². The van der Waals surface area contributed by atoms with Gasteiger partial charge in [0.15, 0.2) is 0 Å². The monoisotopic (exact) mass is 299 g/mol. The molecule has 8 heteroatoms. The first-order chi connectivity index (χ1) is 10.0. The second-order valence-electron chi connectivity index (χ2n) is 6.17. The van der Waals surface area contributed by atoms with Crippen LogP contribution in [0.5, 0.6) is 0 Å². The quantitative estimate of drug-likeness (QED) is 0.576. The lowest BCUT2D eigenvalue weighted by atomic mass is 9.89. The molecule has 0 saturated carbocycles. The van der Waals surface area contributed by atoms with E-state index in [0.717, 1.165) is 17.9 Å². The maximum atomic E-state index is 12.2. The zero-order valence-electron chi connectivity index (χ0n) is 12.1. The van der Waals surface area contributed by atoms with E-state index in [4.69, 9.17) is 9.57 Å². The van der Waals surface area contributed by atoms with Crippen LogP contribution >= 0.6 is 0 Å². The number of nitrogens with one attached hydrogen (secondary N) is 1. The first kappa shape index (κ1) is 14.6. The van der Waals surface area contributed by atoms with Crippen LogP contribution in [0.1, 0.15) is 32.6 Å². The predicted molar refractivity (Wildman–Crippen MR) is 70.2 cm³/mol. The molecule has 2 unspecified atom stereocenters. The Morgan fingerprint density at radius 1 is 1.43 bits per heavy atom. The third kappa shape index (κ3) is 2.58. The fourth-order valence-corrected chi connectivity index (χ4v) is 3.16. The third-order valence-corrected chi connectivity index (χ3v) is 4.58. The normalized spacial score (nSPS) is 33.4. The molecule has 2 atom stereocenters. The fourth-order valence-electron chi connectivity index (χ4n) is 3.16. The molecule has 0 aromatic carbocycles. The van der Waals surface area contributed by atoms with Crippen LogP contribution in [-0.2, 0) is 14.4 Å². The van der Waals surface area contributed by atoms with Crippen molar-refractivity contribution in [2.45, 2.75) is 50.3 Å². The number of hydrogen-bond donors (Lipinski definition) is 2. The number of nitrogens with zero attached hydrogens (tertiary/aromatic N) is 2. The van der Waals surface area contributed by atoms with Crippen molar-refractivity contribution in [2.24, 2.45) is 0 Å². The van der Waals surface area contributed by atoms with Crippen molar-refractivity contribution in [3.05, 3.63) is 0 Å². The second kappa shape index (κ2) is 5.43. The summed E-state index contributed by atoms with van der Waals surface area (Å²) in [6.07, 6.45) is 2.55. The molecule has 3 heterocycles. The molecule has 0 aliphatic carbocycles. The summed E-state index contributed by atoms with van der Waals surface area (Å²) < 4.78 is 5.22. The minimum atomic E-state index is -0.588. The number of amides is 3. The molecular formula is C13H21N3O5. The summed E-state index contributed by atoms with van der Waals surface area (Å²) in [5.74, 6) is -0.327. The summed E-state index contributed by atoms with van der Waals surface area (Å²) in [5.41, 5.74) is 1.88. The molecule has 0 radical (unpaired) electrons. The Hall–Kier alpha value is -1.38. The minimum absolute atomic E-state index is 0.0415. The van der Waals surface area contributed by atoms with Gasteiger partial charge in [0, 0.05) is 19.8 Å². The molecule has 0 aromatic rings. The van der Waals surface area contributed by atoms with E-state index in [2.05, 4.69) is 5.48 Å². The van der Waals surface area contributed by atoms with Crippen molar-refractivity contribution in [1.82, 2.24) is 15.4 Å². The van der Waals surface area contributed by atoms with Crippen LogP contribution in [0.3, 0.4) is 0 Å². The molecule has 3 rings (SSSR count). The summed E-state index contributed by atoms with van der Waals surface area (Å²) >= 11 is 0. The Morgan fingerprint density at radius 3 is 2.86 bits per heavy atom. The Balaban J connectivity index is 1.57. The van der Waals surface area contributed by atoms with Gasteiger partial charge < -0.3 is 9.64 Å². The van der Waals surface area contributed by atoms with E-state index >= 15 is 0 Å². The van der Waals surface area contributed by atoms with Crippen LogP contribution in [0.15, 0.2) is 0 Å². The molecule has 0 spiro atoms. The minimum Gasteiger partial charge on any atom is -0.381 e. The van der Waals surface area contributed by atoms with Gasteiger partial charge in [-0.05, 0) is 32.6 Å². The summed E-state index contributed by atoms with van der Waals surface area (Å²) in [5, 5.41) is 10.6. The van der Waals surface area contributed by atoms with Crippen LogP contribution in [0.4, 0.5) is 4.79 Å². The number of hydrogen-bond acceptors (Lipinski definition) is 5. The van der Waals surface area contributed by atoms with Gasteiger partial charge in [-0.1, -0.05) is 0 Å². The van der Waals surface area contributed by atoms with Crippen LogP contribution in [0.2, 0.25) is 0 Å². The largest absolute Gasteiger partial charge is 0.381 e. The fraction of sp³-hybridized carbons (Fsp3) is 0.846. The van der Waals surface area contributed by atoms with Gasteiger partial charge in [-0.15, -0.1) is 0 Å². The lowest BCUT2D eigenvalue weighted by Gasteiger charge is -2.35. The Kier molecular flexibility index (Phi) is 3.76. The molecule has 0 aromatic heterocycles. The van der Waals surface area contributed by atoms with Gasteiger partial charge in [0.25, 0.3) is 5.91 Å². The van der Waals surface area contributed by atoms with E-state index < -0.39 is 17.6 Å². The maximum absolute atomic E-state index is 12.2. The number of piperidine rings is 1. The van der Waals surface area contributed by atoms with Gasteiger partial charge in [0.2, 0.25) is 0 Å². The predicted octanol–water partition coefficient (Wildman–Crippen LogP) is 0.261.